The van der Waals surface area contributed by atoms with Gasteiger partial charge in [0.05, 0.1) is 13.3 Å². The molecule has 0 aromatic carbocycles. The normalized spacial score (nSPS) is 9.18. The average molecular weight is 154 g/mol. The fraction of sp³-hybridized carbons (Fsp3) is 0.167. The Morgan fingerprint density at radius 1 is 1.82 bits per heavy atom. The van der Waals surface area contributed by atoms with Gasteiger partial charge >= 0.3 is 5.97 Å². The van der Waals surface area contributed by atoms with Gasteiger partial charge in [-0.05, 0) is 0 Å². The smallest absolute Gasteiger partial charge is 0.363 e. The maximum Gasteiger partial charge on any atom is 0.363 e. The Morgan fingerprint density at radius 2 is 2.55 bits per heavy atom. The predicted molar refractivity (Wildman–Crippen MR) is 34.5 cm³/mol. The third-order valence-electron chi connectivity index (χ3n) is 1.07. The van der Waals surface area contributed by atoms with Crippen molar-refractivity contribution < 1.29 is 14.3 Å². The third-order valence-corrected chi connectivity index (χ3v) is 1.07. The molecule has 0 aliphatic carbocycles. The fourth-order valence-corrected chi connectivity index (χ4v) is 0.586. The number of carbonyl (C=O) groups is 1. The van der Waals surface area contributed by atoms with E-state index in [2.05, 4.69) is 9.72 Å². The van der Waals surface area contributed by atoms with E-state index in [1.54, 1.807) is 0 Å². The van der Waals surface area contributed by atoms with Gasteiger partial charge < -0.3 is 9.94 Å². The predicted octanol–water partition coefficient (Wildman–Crippen LogP) is -0.498. The van der Waals surface area contributed by atoms with Gasteiger partial charge in [0.2, 0.25) is 11.9 Å². The lowest BCUT2D eigenvalue weighted by Gasteiger charge is -1.96. The third kappa shape index (κ3) is 1.64. The van der Waals surface area contributed by atoms with Gasteiger partial charge in [0.1, 0.15) is 0 Å². The minimum Gasteiger partial charge on any atom is -0.619 e. The molecule has 5 nitrogen and oxygen atoms in total. The zero-order chi connectivity index (χ0) is 8.27. The highest BCUT2D eigenvalue weighted by Gasteiger charge is 2.09. The molecule has 1 aromatic rings. The lowest BCUT2D eigenvalue weighted by atomic mass is 10.5. The molecule has 0 unspecified atom stereocenters. The molecule has 0 fully saturated rings. The number of methoxy groups -OCH3 is 1. The summed E-state index contributed by atoms with van der Waals surface area (Å²) in [5.41, 5.74) is 0.00463. The Labute approximate surface area is 62.8 Å². The molecule has 0 spiro atoms. The van der Waals surface area contributed by atoms with Crippen LogP contribution in [-0.2, 0) is 4.74 Å². The summed E-state index contributed by atoms with van der Waals surface area (Å²) in [6, 6.07) is 0. The van der Waals surface area contributed by atoms with Crippen LogP contribution in [0.25, 0.3) is 0 Å². The van der Waals surface area contributed by atoms with Gasteiger partial charge in [0, 0.05) is 0 Å². The molecular formula is C6H6N2O3. The van der Waals surface area contributed by atoms with Gasteiger partial charge in [-0.2, -0.15) is 4.73 Å². The van der Waals surface area contributed by atoms with Crippen LogP contribution in [0.15, 0.2) is 18.6 Å². The second-order valence-electron chi connectivity index (χ2n) is 1.79. The molecule has 0 saturated heterocycles. The summed E-state index contributed by atoms with van der Waals surface area (Å²) in [5, 5.41) is 10.6. The summed E-state index contributed by atoms with van der Waals surface area (Å²) >= 11 is 0. The Morgan fingerprint density at radius 3 is 3.09 bits per heavy atom. The molecule has 1 heterocycles. The maximum absolute atomic E-state index is 10.7. The number of carbonyl (C=O) groups excluding carboxylic acids is 1. The summed E-state index contributed by atoms with van der Waals surface area (Å²) in [5.74, 6) is -0.616. The summed E-state index contributed by atoms with van der Waals surface area (Å²) in [7, 11) is 1.23. The van der Waals surface area contributed by atoms with Crippen molar-refractivity contribution in [3.05, 3.63) is 29.5 Å². The summed E-state index contributed by atoms with van der Waals surface area (Å²) in [6.45, 7) is 0. The molecule has 5 heteroatoms. The van der Waals surface area contributed by atoms with E-state index in [1.165, 1.54) is 19.5 Å². The Kier molecular flexibility index (Phi) is 2.00. The number of hydrogen-bond donors (Lipinski definition) is 0. The SMILES string of the molecule is COC(=O)c1c[n+]([O-])ccn1. The second-order valence-corrected chi connectivity index (χ2v) is 1.79. The molecule has 0 bridgehead atoms. The van der Waals surface area contributed by atoms with Crippen LogP contribution in [0.1, 0.15) is 10.5 Å². The molecular weight excluding hydrogens is 148 g/mol. The topological polar surface area (TPSA) is 66.1 Å². The average Bonchev–Trinajstić information content (AvgIpc) is 2.03. The van der Waals surface area contributed by atoms with E-state index in [-0.39, 0.29) is 5.69 Å². The van der Waals surface area contributed by atoms with Crippen LogP contribution in [0.5, 0.6) is 0 Å². The molecule has 11 heavy (non-hydrogen) atoms. The van der Waals surface area contributed by atoms with E-state index in [9.17, 15) is 10.0 Å². The fourth-order valence-electron chi connectivity index (χ4n) is 0.586. The first-order valence-electron chi connectivity index (χ1n) is 2.87. The van der Waals surface area contributed by atoms with Crippen LogP contribution >= 0.6 is 0 Å². The number of ether oxygens (including phenoxy) is 1. The van der Waals surface area contributed by atoms with E-state index in [0.717, 1.165) is 6.20 Å². The van der Waals surface area contributed by atoms with E-state index in [1.807, 2.05) is 0 Å². The molecule has 0 atom stereocenters. The first-order valence-corrected chi connectivity index (χ1v) is 2.87. The van der Waals surface area contributed by atoms with Gasteiger partial charge in [-0.25, -0.2) is 9.78 Å². The van der Waals surface area contributed by atoms with Crippen molar-refractivity contribution in [2.75, 3.05) is 7.11 Å². The molecule has 0 saturated carbocycles. The van der Waals surface area contributed by atoms with Crippen molar-refractivity contribution in [2.24, 2.45) is 0 Å². The second kappa shape index (κ2) is 2.96. The van der Waals surface area contributed by atoms with Gasteiger partial charge in [-0.3, -0.25) is 0 Å². The van der Waals surface area contributed by atoms with Gasteiger partial charge in [0.15, 0.2) is 6.20 Å². The maximum atomic E-state index is 10.7. The molecule has 0 aliphatic heterocycles. The number of nitrogens with zero attached hydrogens (tertiary/aromatic N) is 2. The highest BCUT2D eigenvalue weighted by molar-refractivity contribution is 5.86. The zero-order valence-electron chi connectivity index (χ0n) is 5.85. The van der Waals surface area contributed by atoms with Crippen LogP contribution < -0.4 is 4.73 Å². The highest BCUT2D eigenvalue weighted by atomic mass is 16.5. The van der Waals surface area contributed by atoms with Crippen molar-refractivity contribution >= 4 is 5.97 Å². The van der Waals surface area contributed by atoms with Crippen LogP contribution in [-0.4, -0.2) is 18.1 Å². The summed E-state index contributed by atoms with van der Waals surface area (Å²) < 4.78 is 4.82. The molecule has 58 valence electrons. The lowest BCUT2D eigenvalue weighted by Crippen LogP contribution is -2.27. The molecule has 1 aromatic heterocycles. The van der Waals surface area contributed by atoms with E-state index in [0.29, 0.717) is 4.73 Å². The number of aromatic nitrogens is 2. The quantitative estimate of drug-likeness (QED) is 0.311. The van der Waals surface area contributed by atoms with E-state index < -0.39 is 5.97 Å². The minimum absolute atomic E-state index is 0.00463. The van der Waals surface area contributed by atoms with Crippen LogP contribution in [0.3, 0.4) is 0 Å². The Bertz CT molecular complexity index is 274. The van der Waals surface area contributed by atoms with Crippen molar-refractivity contribution in [1.82, 2.24) is 4.98 Å². The first kappa shape index (κ1) is 7.46. The molecule has 0 amide bonds. The van der Waals surface area contributed by atoms with Crippen molar-refractivity contribution in [3.8, 4) is 0 Å². The number of hydrogen-bond acceptors (Lipinski definition) is 4. The van der Waals surface area contributed by atoms with E-state index >= 15 is 0 Å². The molecule has 1 rings (SSSR count). The van der Waals surface area contributed by atoms with Crippen molar-refractivity contribution in [1.29, 1.82) is 0 Å². The highest BCUT2D eigenvalue weighted by Crippen LogP contribution is 1.90. The number of rotatable bonds is 1. The van der Waals surface area contributed by atoms with Crippen molar-refractivity contribution in [3.63, 3.8) is 0 Å². The molecule has 0 N–H and O–H groups in total. The summed E-state index contributed by atoms with van der Waals surface area (Å²) in [6.07, 6.45) is 3.47. The lowest BCUT2D eigenvalue weighted by molar-refractivity contribution is -0.606. The van der Waals surface area contributed by atoms with Crippen molar-refractivity contribution in [2.45, 2.75) is 0 Å². The largest absolute Gasteiger partial charge is 0.619 e. The van der Waals surface area contributed by atoms with Gasteiger partial charge in [-0.15, -0.1) is 0 Å². The summed E-state index contributed by atoms with van der Waals surface area (Å²) in [4.78, 5) is 14.3. The Hall–Kier alpha value is -1.65. The molecule has 0 aliphatic rings. The number of esters is 1. The van der Waals surface area contributed by atoms with Crippen LogP contribution in [0.2, 0.25) is 0 Å². The zero-order valence-corrected chi connectivity index (χ0v) is 5.85. The standard InChI is InChI=1S/C6H6N2O3/c1-11-6(9)5-4-8(10)3-2-7-5/h2-4H,1H3. The van der Waals surface area contributed by atoms with Gasteiger partial charge in [-0.1, -0.05) is 0 Å². The van der Waals surface area contributed by atoms with Crippen LogP contribution in [0, 0.1) is 5.21 Å². The molecule has 0 radical (unpaired) electrons. The van der Waals surface area contributed by atoms with Gasteiger partial charge in [0.25, 0.3) is 0 Å². The first-order chi connectivity index (χ1) is 5.24. The minimum atomic E-state index is -0.616. The van der Waals surface area contributed by atoms with Crippen LogP contribution in [0.4, 0.5) is 0 Å². The Balaban J connectivity index is 2.96. The van der Waals surface area contributed by atoms with E-state index in [4.69, 9.17) is 0 Å². The monoisotopic (exact) mass is 154 g/mol.